The van der Waals surface area contributed by atoms with Crippen LogP contribution in [0.3, 0.4) is 0 Å². The average Bonchev–Trinajstić information content (AvgIpc) is 2.20. The standard InChI is InChI=1S/C9H10Br2N2O/c1-2-6(10)9(14)13-8-7(11)4-3-5-12-8/h3-6H,2H2,1H3,(H,12,13,14). The lowest BCUT2D eigenvalue weighted by molar-refractivity contribution is -0.115. The Morgan fingerprint density at radius 1 is 1.71 bits per heavy atom. The number of nitrogens with one attached hydrogen (secondary N) is 1. The lowest BCUT2D eigenvalue weighted by Gasteiger charge is -2.08. The van der Waals surface area contributed by atoms with Gasteiger partial charge in [-0.2, -0.15) is 0 Å². The van der Waals surface area contributed by atoms with Crippen molar-refractivity contribution in [2.75, 3.05) is 5.32 Å². The van der Waals surface area contributed by atoms with Crippen molar-refractivity contribution in [2.24, 2.45) is 0 Å². The number of rotatable bonds is 3. The molecule has 1 heterocycles. The Labute approximate surface area is 99.6 Å². The van der Waals surface area contributed by atoms with Gasteiger partial charge < -0.3 is 5.32 Å². The normalized spacial score (nSPS) is 12.2. The van der Waals surface area contributed by atoms with E-state index < -0.39 is 0 Å². The minimum absolute atomic E-state index is 0.0769. The van der Waals surface area contributed by atoms with Crippen molar-refractivity contribution in [1.29, 1.82) is 0 Å². The van der Waals surface area contributed by atoms with Crippen molar-refractivity contribution in [1.82, 2.24) is 4.98 Å². The van der Waals surface area contributed by atoms with Crippen molar-refractivity contribution < 1.29 is 4.79 Å². The van der Waals surface area contributed by atoms with E-state index in [1.54, 1.807) is 12.3 Å². The van der Waals surface area contributed by atoms with E-state index in [0.717, 1.165) is 10.9 Å². The molecule has 0 aliphatic rings. The first kappa shape index (κ1) is 11.7. The molecule has 3 nitrogen and oxygen atoms in total. The molecule has 0 saturated carbocycles. The lowest BCUT2D eigenvalue weighted by atomic mass is 10.3. The summed E-state index contributed by atoms with van der Waals surface area (Å²) in [4.78, 5) is 15.3. The Morgan fingerprint density at radius 3 is 3.00 bits per heavy atom. The molecule has 0 bridgehead atoms. The van der Waals surface area contributed by atoms with E-state index >= 15 is 0 Å². The predicted molar refractivity (Wildman–Crippen MR) is 63.6 cm³/mol. The van der Waals surface area contributed by atoms with E-state index in [-0.39, 0.29) is 10.7 Å². The molecule has 1 unspecified atom stereocenters. The predicted octanol–water partition coefficient (Wildman–Crippen LogP) is 2.96. The largest absolute Gasteiger partial charge is 0.309 e. The first-order chi connectivity index (χ1) is 6.65. The van der Waals surface area contributed by atoms with Crippen molar-refractivity contribution in [3.05, 3.63) is 22.8 Å². The number of hydrogen-bond acceptors (Lipinski definition) is 2. The van der Waals surface area contributed by atoms with Crippen LogP contribution in [0.1, 0.15) is 13.3 Å². The molecule has 76 valence electrons. The fourth-order valence-corrected chi connectivity index (χ4v) is 1.33. The minimum atomic E-state index is -0.170. The molecule has 1 aromatic rings. The highest BCUT2D eigenvalue weighted by Gasteiger charge is 2.13. The number of halogens is 2. The van der Waals surface area contributed by atoms with Gasteiger partial charge in [0.05, 0.1) is 9.30 Å². The van der Waals surface area contributed by atoms with Gasteiger partial charge in [0.2, 0.25) is 5.91 Å². The van der Waals surface area contributed by atoms with Crippen LogP contribution in [0.15, 0.2) is 22.8 Å². The molecule has 1 aromatic heterocycles. The molecule has 1 atom stereocenters. The maximum Gasteiger partial charge on any atom is 0.239 e. The van der Waals surface area contributed by atoms with Gasteiger partial charge in [-0.25, -0.2) is 4.98 Å². The fraction of sp³-hybridized carbons (Fsp3) is 0.333. The third-order valence-corrected chi connectivity index (χ3v) is 3.35. The summed E-state index contributed by atoms with van der Waals surface area (Å²) in [6.45, 7) is 1.94. The minimum Gasteiger partial charge on any atom is -0.309 e. The molecule has 14 heavy (non-hydrogen) atoms. The molecular weight excluding hydrogens is 312 g/mol. The van der Waals surface area contributed by atoms with Gasteiger partial charge in [-0.05, 0) is 34.5 Å². The number of alkyl halides is 1. The number of aromatic nitrogens is 1. The Morgan fingerprint density at radius 2 is 2.43 bits per heavy atom. The molecule has 0 aromatic carbocycles. The van der Waals surface area contributed by atoms with E-state index in [1.165, 1.54) is 0 Å². The van der Waals surface area contributed by atoms with Gasteiger partial charge in [0.15, 0.2) is 0 Å². The Balaban J connectivity index is 2.70. The molecular formula is C9H10Br2N2O. The Kier molecular flexibility index (Phi) is 4.54. The van der Waals surface area contributed by atoms with Crippen LogP contribution in [0, 0.1) is 0 Å². The van der Waals surface area contributed by atoms with Gasteiger partial charge in [-0.1, -0.05) is 22.9 Å². The van der Waals surface area contributed by atoms with Crippen molar-refractivity contribution in [3.8, 4) is 0 Å². The third kappa shape index (κ3) is 3.06. The Bertz CT molecular complexity index is 330. The van der Waals surface area contributed by atoms with E-state index in [2.05, 4.69) is 42.2 Å². The zero-order valence-corrected chi connectivity index (χ0v) is 10.8. The number of anilines is 1. The van der Waals surface area contributed by atoms with Crippen molar-refractivity contribution in [2.45, 2.75) is 18.2 Å². The van der Waals surface area contributed by atoms with Crippen LogP contribution in [-0.4, -0.2) is 15.7 Å². The van der Waals surface area contributed by atoms with Gasteiger partial charge >= 0.3 is 0 Å². The number of pyridine rings is 1. The first-order valence-electron chi connectivity index (χ1n) is 4.20. The summed E-state index contributed by atoms with van der Waals surface area (Å²) < 4.78 is 0.782. The second-order valence-corrected chi connectivity index (χ2v) is 4.66. The van der Waals surface area contributed by atoms with E-state index in [1.807, 2.05) is 13.0 Å². The zero-order chi connectivity index (χ0) is 10.6. The SMILES string of the molecule is CCC(Br)C(=O)Nc1ncccc1Br. The van der Waals surface area contributed by atoms with Crippen LogP contribution >= 0.6 is 31.9 Å². The summed E-state index contributed by atoms with van der Waals surface area (Å²) in [5, 5.41) is 2.72. The van der Waals surface area contributed by atoms with Crippen molar-refractivity contribution >= 4 is 43.6 Å². The summed E-state index contributed by atoms with van der Waals surface area (Å²) in [5.74, 6) is 0.474. The van der Waals surface area contributed by atoms with Gasteiger partial charge in [0.1, 0.15) is 5.82 Å². The smallest absolute Gasteiger partial charge is 0.239 e. The quantitative estimate of drug-likeness (QED) is 0.870. The summed E-state index contributed by atoms with van der Waals surface area (Å²) in [6, 6.07) is 3.63. The van der Waals surface area contributed by atoms with Crippen LogP contribution in [-0.2, 0) is 4.79 Å². The highest BCUT2D eigenvalue weighted by atomic mass is 79.9. The summed E-state index contributed by atoms with van der Waals surface area (Å²) >= 11 is 6.57. The summed E-state index contributed by atoms with van der Waals surface area (Å²) in [7, 11) is 0. The highest BCUT2D eigenvalue weighted by Crippen LogP contribution is 2.19. The van der Waals surface area contributed by atoms with E-state index in [9.17, 15) is 4.79 Å². The molecule has 1 amide bonds. The fourth-order valence-electron chi connectivity index (χ4n) is 0.858. The third-order valence-electron chi connectivity index (χ3n) is 1.64. The second kappa shape index (κ2) is 5.46. The molecule has 5 heteroatoms. The van der Waals surface area contributed by atoms with E-state index in [4.69, 9.17) is 0 Å². The highest BCUT2D eigenvalue weighted by molar-refractivity contribution is 9.10. The van der Waals surface area contributed by atoms with E-state index in [0.29, 0.717) is 5.82 Å². The second-order valence-electron chi connectivity index (χ2n) is 2.70. The number of nitrogens with zero attached hydrogens (tertiary/aromatic N) is 1. The molecule has 1 rings (SSSR count). The van der Waals surface area contributed by atoms with Crippen LogP contribution in [0.2, 0.25) is 0 Å². The topological polar surface area (TPSA) is 42.0 Å². The number of amides is 1. The van der Waals surface area contributed by atoms with Gasteiger partial charge in [-0.3, -0.25) is 4.79 Å². The molecule has 0 radical (unpaired) electrons. The van der Waals surface area contributed by atoms with Crippen LogP contribution < -0.4 is 5.32 Å². The maximum atomic E-state index is 11.5. The molecule has 0 saturated heterocycles. The lowest BCUT2D eigenvalue weighted by Crippen LogP contribution is -2.22. The monoisotopic (exact) mass is 320 g/mol. The molecule has 0 aliphatic heterocycles. The molecule has 1 N–H and O–H groups in total. The maximum absolute atomic E-state index is 11.5. The number of carbonyl (C=O) groups is 1. The Hall–Kier alpha value is -0.420. The van der Waals surface area contributed by atoms with Gasteiger partial charge in [0, 0.05) is 6.20 Å². The molecule has 0 fully saturated rings. The van der Waals surface area contributed by atoms with Crippen LogP contribution in [0.5, 0.6) is 0 Å². The van der Waals surface area contributed by atoms with Crippen LogP contribution in [0.25, 0.3) is 0 Å². The number of carbonyl (C=O) groups excluding carboxylic acids is 1. The van der Waals surface area contributed by atoms with Crippen LogP contribution in [0.4, 0.5) is 5.82 Å². The average molecular weight is 322 g/mol. The van der Waals surface area contributed by atoms with Crippen molar-refractivity contribution in [3.63, 3.8) is 0 Å². The van der Waals surface area contributed by atoms with Gasteiger partial charge in [0.25, 0.3) is 0 Å². The van der Waals surface area contributed by atoms with Gasteiger partial charge in [-0.15, -0.1) is 0 Å². The molecule has 0 spiro atoms. The first-order valence-corrected chi connectivity index (χ1v) is 5.91. The summed E-state index contributed by atoms with van der Waals surface area (Å²) in [5.41, 5.74) is 0. The number of hydrogen-bond donors (Lipinski definition) is 1. The molecule has 0 aliphatic carbocycles. The summed E-state index contributed by atoms with van der Waals surface area (Å²) in [6.07, 6.45) is 2.38. The zero-order valence-electron chi connectivity index (χ0n) is 7.63.